The van der Waals surface area contributed by atoms with Crippen LogP contribution >= 0.6 is 7.82 Å². The Hall–Kier alpha value is -5.93. The number of amides is 2. The molecule has 0 saturated carbocycles. The normalized spacial score (nSPS) is 21.4. The van der Waals surface area contributed by atoms with Crippen LogP contribution in [0.25, 0.3) is 44.9 Å². The number of H-pyrrole nitrogens is 1. The second kappa shape index (κ2) is 12.5. The molecule has 4 aliphatic heterocycles. The van der Waals surface area contributed by atoms with Crippen LogP contribution in [-0.4, -0.2) is 59.5 Å². The van der Waals surface area contributed by atoms with Gasteiger partial charge in [-0.25, -0.2) is 14.5 Å². The third-order valence-corrected chi connectivity index (χ3v) is 12.5. The van der Waals surface area contributed by atoms with E-state index in [1.165, 1.54) is 6.07 Å². The van der Waals surface area contributed by atoms with Gasteiger partial charge in [0.2, 0.25) is 17.7 Å². The molecule has 3 aromatic heterocycles. The number of carbonyl (C=O) groups is 2. The van der Waals surface area contributed by atoms with E-state index < -0.39 is 49.0 Å². The standard InChI is InChI=1S/C41H39N6O10P/c1-5-40(50,6-2)38(49)44-25-15-19-10-12-26-24(14-19)41-23-9-7-8-21(31(23)47-39(41)55-26)20-11-13-27(57-58(51,52)53)32-29(20)22(16-42-32)28-17-43-36(54-28)33-34(41)56-37(46-33)30(18(3)4)45-35(25)48/h7-14,16-18,25,30,39,42,47,50H,5-6,15H2,1-4H3,(H,44,49)(H,45,48)(H2,51,52,53). The molecule has 7 heterocycles. The van der Waals surface area contributed by atoms with Crippen molar-refractivity contribution in [1.82, 2.24) is 25.6 Å². The topological polar surface area (TPSA) is 234 Å². The number of phosphoric ester groups is 1. The van der Waals surface area contributed by atoms with Crippen molar-refractivity contribution >= 4 is 36.2 Å². The molecule has 3 aromatic carbocycles. The predicted octanol–water partition coefficient (Wildman–Crippen LogP) is 5.81. The quantitative estimate of drug-likeness (QED) is 0.0945. The van der Waals surface area contributed by atoms with Crippen molar-refractivity contribution in [2.75, 3.05) is 5.32 Å². The highest BCUT2D eigenvalue weighted by Gasteiger charge is 2.61. The van der Waals surface area contributed by atoms with Gasteiger partial charge >= 0.3 is 7.82 Å². The van der Waals surface area contributed by atoms with Crippen molar-refractivity contribution in [3.8, 4) is 45.5 Å². The Morgan fingerprint density at radius 2 is 1.88 bits per heavy atom. The number of hydrogen-bond acceptors (Lipinski definition) is 11. The molecule has 58 heavy (non-hydrogen) atoms. The summed E-state index contributed by atoms with van der Waals surface area (Å²) in [6.07, 6.45) is 2.86. The number of carbonyl (C=O) groups excluding carboxylic acids is 2. The number of ether oxygens (including phenoxy) is 1. The summed E-state index contributed by atoms with van der Waals surface area (Å²) in [6, 6.07) is 12.9. The largest absolute Gasteiger partial charge is 0.524 e. The van der Waals surface area contributed by atoms with Crippen molar-refractivity contribution in [3.63, 3.8) is 0 Å². The Kier molecular flexibility index (Phi) is 7.87. The minimum absolute atomic E-state index is 0.0527. The number of aromatic amines is 1. The molecular formula is C41H39N6O10P. The number of nitrogens with one attached hydrogen (secondary N) is 4. The number of hydrogen-bond donors (Lipinski definition) is 7. The van der Waals surface area contributed by atoms with Crippen LogP contribution in [0.2, 0.25) is 0 Å². The van der Waals surface area contributed by atoms with Gasteiger partial charge in [0.1, 0.15) is 28.8 Å². The fraction of sp³-hybridized carbons (Fsp3) is 0.317. The van der Waals surface area contributed by atoms with E-state index in [-0.39, 0.29) is 48.4 Å². The fourth-order valence-electron chi connectivity index (χ4n) is 8.96. The number of aromatic nitrogens is 3. The van der Waals surface area contributed by atoms with Crippen LogP contribution in [0.4, 0.5) is 5.69 Å². The molecule has 0 saturated heterocycles. The van der Waals surface area contributed by atoms with Crippen LogP contribution in [0.1, 0.15) is 74.9 Å². The van der Waals surface area contributed by atoms with Crippen LogP contribution in [0, 0.1) is 5.92 Å². The van der Waals surface area contributed by atoms with Gasteiger partial charge in [-0.15, -0.1) is 0 Å². The maximum Gasteiger partial charge on any atom is 0.524 e. The van der Waals surface area contributed by atoms with Gasteiger partial charge < -0.3 is 44.1 Å². The van der Waals surface area contributed by atoms with E-state index in [0.717, 1.165) is 22.4 Å². The zero-order valence-electron chi connectivity index (χ0n) is 31.7. The molecule has 6 aromatic rings. The first kappa shape index (κ1) is 36.4. The summed E-state index contributed by atoms with van der Waals surface area (Å²) in [5, 5.41) is 21.3. The molecule has 10 rings (SSSR count). The molecule has 298 valence electrons. The molecule has 7 N–H and O–H groups in total. The lowest BCUT2D eigenvalue weighted by Gasteiger charge is -2.30. The minimum atomic E-state index is -4.94. The zero-order chi connectivity index (χ0) is 40.5. The molecule has 4 atom stereocenters. The van der Waals surface area contributed by atoms with Gasteiger partial charge in [-0.1, -0.05) is 58.0 Å². The summed E-state index contributed by atoms with van der Waals surface area (Å²) in [6.45, 7) is 7.29. The average Bonchev–Trinajstić information content (AvgIpc) is 4.02. The van der Waals surface area contributed by atoms with Gasteiger partial charge in [0.15, 0.2) is 29.2 Å². The molecule has 10 bridgehead atoms. The van der Waals surface area contributed by atoms with Crippen LogP contribution in [0.3, 0.4) is 0 Å². The number of rotatable bonds is 7. The highest BCUT2D eigenvalue weighted by atomic mass is 31.2. The Balaban J connectivity index is 1.26. The lowest BCUT2D eigenvalue weighted by atomic mass is 9.72. The highest BCUT2D eigenvalue weighted by molar-refractivity contribution is 7.46. The number of benzene rings is 3. The predicted molar refractivity (Wildman–Crippen MR) is 209 cm³/mol. The van der Waals surface area contributed by atoms with Crippen LogP contribution in [-0.2, 0) is 26.0 Å². The summed E-state index contributed by atoms with van der Waals surface area (Å²) in [7, 11) is -4.94. The molecule has 0 aliphatic carbocycles. The van der Waals surface area contributed by atoms with Gasteiger partial charge in [-0.3, -0.25) is 19.4 Å². The second-order valence-electron chi connectivity index (χ2n) is 15.6. The van der Waals surface area contributed by atoms with Crippen molar-refractivity contribution in [2.24, 2.45) is 5.92 Å². The lowest BCUT2D eigenvalue weighted by Crippen LogP contribution is -2.55. The minimum Gasteiger partial charge on any atom is -0.469 e. The Morgan fingerprint density at radius 1 is 1.07 bits per heavy atom. The SMILES string of the molecule is CCC(O)(CC)C(=O)NC1Cc2ccc3c(c2)C24c5cccc(c5NC2O3)-c2ccc(OP(=O)(O)O)c3[nH]cc(c23)-c2cnc(o2)-c2nc(oc24)C(C(C)C)NC1=O. The summed E-state index contributed by atoms with van der Waals surface area (Å²) in [5.74, 6) is 0.152. The molecule has 4 unspecified atom stereocenters. The second-order valence-corrected chi connectivity index (χ2v) is 16.8. The first-order valence-electron chi connectivity index (χ1n) is 19.1. The van der Waals surface area contributed by atoms with Gasteiger partial charge in [-0.05, 0) is 48.1 Å². The van der Waals surface area contributed by atoms with E-state index >= 15 is 0 Å². The average molecular weight is 807 g/mol. The van der Waals surface area contributed by atoms with E-state index in [9.17, 15) is 29.0 Å². The number of aliphatic hydroxyl groups is 1. The third kappa shape index (κ3) is 5.15. The number of phosphoric acid groups is 1. The first-order valence-corrected chi connectivity index (χ1v) is 20.7. The number of anilines is 1. The van der Waals surface area contributed by atoms with Gasteiger partial charge in [0.25, 0.3) is 5.91 Å². The van der Waals surface area contributed by atoms with Crippen LogP contribution in [0.5, 0.6) is 11.5 Å². The van der Waals surface area contributed by atoms with Crippen molar-refractivity contribution in [2.45, 2.75) is 76.3 Å². The van der Waals surface area contributed by atoms with E-state index in [4.69, 9.17) is 28.1 Å². The van der Waals surface area contributed by atoms with E-state index in [2.05, 4.69) is 20.9 Å². The van der Waals surface area contributed by atoms with Gasteiger partial charge in [0, 0.05) is 45.9 Å². The third-order valence-electron chi connectivity index (χ3n) is 12.0. The number of para-hydroxylation sites is 1. The lowest BCUT2D eigenvalue weighted by molar-refractivity contribution is -0.143. The molecular weight excluding hydrogens is 767 g/mol. The molecule has 0 fully saturated rings. The van der Waals surface area contributed by atoms with Gasteiger partial charge in [-0.2, -0.15) is 0 Å². The van der Waals surface area contributed by atoms with Crippen LogP contribution in [0.15, 0.2) is 69.8 Å². The molecule has 1 spiro atoms. The number of oxazole rings is 2. The molecule has 0 radical (unpaired) electrons. The summed E-state index contributed by atoms with van der Waals surface area (Å²) >= 11 is 0. The highest BCUT2D eigenvalue weighted by Crippen LogP contribution is 2.62. The Morgan fingerprint density at radius 3 is 2.64 bits per heavy atom. The number of nitrogens with zero attached hydrogens (tertiary/aromatic N) is 2. The maximum absolute atomic E-state index is 14.3. The van der Waals surface area contributed by atoms with Crippen molar-refractivity contribution in [1.29, 1.82) is 0 Å². The van der Waals surface area contributed by atoms with Crippen molar-refractivity contribution < 1.29 is 47.1 Å². The van der Waals surface area contributed by atoms with Crippen LogP contribution < -0.4 is 25.2 Å². The molecule has 2 amide bonds. The monoisotopic (exact) mass is 806 g/mol. The number of fused-ring (bicyclic) bond motifs is 7. The smallest absolute Gasteiger partial charge is 0.469 e. The molecule has 17 heteroatoms. The summed E-state index contributed by atoms with van der Waals surface area (Å²) in [5.41, 5.74) is 2.67. The zero-order valence-corrected chi connectivity index (χ0v) is 32.6. The van der Waals surface area contributed by atoms with Crippen molar-refractivity contribution in [3.05, 3.63) is 89.3 Å². The van der Waals surface area contributed by atoms with E-state index in [0.29, 0.717) is 44.9 Å². The fourth-order valence-corrected chi connectivity index (χ4v) is 9.37. The van der Waals surface area contributed by atoms with E-state index in [1.807, 2.05) is 50.2 Å². The van der Waals surface area contributed by atoms with E-state index in [1.54, 1.807) is 32.3 Å². The summed E-state index contributed by atoms with van der Waals surface area (Å²) < 4.78 is 37.5. The van der Waals surface area contributed by atoms with Gasteiger partial charge in [0.05, 0.1) is 11.7 Å². The Bertz CT molecular complexity index is 2760. The summed E-state index contributed by atoms with van der Waals surface area (Å²) in [4.78, 5) is 60.4. The molecule has 16 nitrogen and oxygen atoms in total. The molecule has 4 aliphatic rings. The maximum atomic E-state index is 14.3. The first-order chi connectivity index (χ1) is 27.7. The Labute approximate surface area is 330 Å².